The number of aliphatic hydroxyl groups is 1. The molecule has 1 aromatic rings. The summed E-state index contributed by atoms with van der Waals surface area (Å²) in [5.74, 6) is -0.247. The van der Waals surface area contributed by atoms with Gasteiger partial charge in [-0.1, -0.05) is 27.7 Å². The highest BCUT2D eigenvalue weighted by molar-refractivity contribution is 7.90. The predicted molar refractivity (Wildman–Crippen MR) is 74.6 cm³/mol. The van der Waals surface area contributed by atoms with Gasteiger partial charge in [0.1, 0.15) is 10.8 Å². The van der Waals surface area contributed by atoms with E-state index < -0.39 is 9.84 Å². The fourth-order valence-corrected chi connectivity index (χ4v) is 4.60. The second kappa shape index (κ2) is 5.67. The third-order valence-electron chi connectivity index (χ3n) is 2.51. The van der Waals surface area contributed by atoms with E-state index >= 15 is 0 Å². The van der Waals surface area contributed by atoms with Crippen LogP contribution in [-0.4, -0.2) is 30.9 Å². The number of aromatic nitrogens is 1. The zero-order chi connectivity index (χ0) is 14.0. The highest BCUT2D eigenvalue weighted by atomic mass is 32.2. The number of thiazole rings is 1. The van der Waals surface area contributed by atoms with Crippen molar-refractivity contribution in [1.82, 2.24) is 4.98 Å². The molecule has 0 saturated carbocycles. The maximum absolute atomic E-state index is 11.9. The lowest BCUT2D eigenvalue weighted by molar-refractivity contribution is 0.249. The van der Waals surface area contributed by atoms with E-state index in [9.17, 15) is 8.42 Å². The molecule has 1 unspecified atom stereocenters. The molecule has 0 aliphatic rings. The monoisotopic (exact) mass is 291 g/mol. The molecule has 0 amide bonds. The SMILES string of the molecule is CC(CO)CS(=O)(=O)Cc1nc(C(C)(C)C)cs1. The lowest BCUT2D eigenvalue weighted by atomic mass is 9.93. The van der Waals surface area contributed by atoms with Crippen LogP contribution in [0.5, 0.6) is 0 Å². The van der Waals surface area contributed by atoms with E-state index in [1.807, 2.05) is 26.2 Å². The van der Waals surface area contributed by atoms with Gasteiger partial charge in [-0.15, -0.1) is 11.3 Å². The minimum absolute atomic E-state index is 0.00787. The van der Waals surface area contributed by atoms with Crippen molar-refractivity contribution < 1.29 is 13.5 Å². The minimum atomic E-state index is -3.19. The van der Waals surface area contributed by atoms with E-state index in [2.05, 4.69) is 4.98 Å². The molecule has 4 nitrogen and oxygen atoms in total. The molecule has 18 heavy (non-hydrogen) atoms. The van der Waals surface area contributed by atoms with Gasteiger partial charge in [-0.05, 0) is 5.92 Å². The molecule has 104 valence electrons. The maximum Gasteiger partial charge on any atom is 0.157 e. The fraction of sp³-hybridized carbons (Fsp3) is 0.750. The van der Waals surface area contributed by atoms with Crippen molar-refractivity contribution in [3.05, 3.63) is 16.1 Å². The molecule has 0 saturated heterocycles. The highest BCUT2D eigenvalue weighted by Gasteiger charge is 2.21. The lowest BCUT2D eigenvalue weighted by Crippen LogP contribution is -2.18. The van der Waals surface area contributed by atoms with Gasteiger partial charge < -0.3 is 5.11 Å². The van der Waals surface area contributed by atoms with Gasteiger partial charge in [-0.25, -0.2) is 13.4 Å². The normalized spacial score (nSPS) is 14.7. The van der Waals surface area contributed by atoms with Crippen LogP contribution in [0.25, 0.3) is 0 Å². The highest BCUT2D eigenvalue weighted by Crippen LogP contribution is 2.25. The zero-order valence-corrected chi connectivity index (χ0v) is 12.9. The Morgan fingerprint density at radius 2 is 2.06 bits per heavy atom. The van der Waals surface area contributed by atoms with Gasteiger partial charge >= 0.3 is 0 Å². The minimum Gasteiger partial charge on any atom is -0.396 e. The zero-order valence-electron chi connectivity index (χ0n) is 11.3. The summed E-state index contributed by atoms with van der Waals surface area (Å²) in [4.78, 5) is 4.38. The summed E-state index contributed by atoms with van der Waals surface area (Å²) in [5, 5.41) is 11.4. The first-order valence-corrected chi connectivity index (χ1v) is 8.60. The molecule has 1 heterocycles. The summed E-state index contributed by atoms with van der Waals surface area (Å²) in [6, 6.07) is 0. The van der Waals surface area contributed by atoms with Crippen LogP contribution in [0.4, 0.5) is 0 Å². The quantitative estimate of drug-likeness (QED) is 0.901. The molecule has 0 aliphatic heterocycles. The molecule has 6 heteroatoms. The van der Waals surface area contributed by atoms with Crippen molar-refractivity contribution in [1.29, 1.82) is 0 Å². The summed E-state index contributed by atoms with van der Waals surface area (Å²) in [6.45, 7) is 7.76. The summed E-state index contributed by atoms with van der Waals surface area (Å²) in [6.07, 6.45) is 0. The lowest BCUT2D eigenvalue weighted by Gasteiger charge is -2.14. The van der Waals surface area contributed by atoms with E-state index in [0.717, 1.165) is 5.69 Å². The van der Waals surface area contributed by atoms with E-state index in [-0.39, 0.29) is 29.4 Å². The summed E-state index contributed by atoms with van der Waals surface area (Å²) >= 11 is 1.39. The molecule has 0 spiro atoms. The van der Waals surface area contributed by atoms with Gasteiger partial charge in [0, 0.05) is 17.4 Å². The topological polar surface area (TPSA) is 67.3 Å². The van der Waals surface area contributed by atoms with Crippen LogP contribution in [0.1, 0.15) is 38.4 Å². The van der Waals surface area contributed by atoms with Crippen LogP contribution in [0.15, 0.2) is 5.38 Å². The first-order valence-electron chi connectivity index (χ1n) is 5.90. The number of aliphatic hydroxyl groups excluding tert-OH is 1. The number of hydrogen-bond acceptors (Lipinski definition) is 5. The Morgan fingerprint density at radius 1 is 1.44 bits per heavy atom. The van der Waals surface area contributed by atoms with Crippen molar-refractivity contribution in [2.75, 3.05) is 12.4 Å². The summed E-state index contributed by atoms with van der Waals surface area (Å²) in [5.41, 5.74) is 0.865. The standard InChI is InChI=1S/C12H21NO3S2/c1-9(5-14)7-18(15,16)8-11-13-10(6-17-11)12(2,3)4/h6,9,14H,5,7-8H2,1-4H3. The fourth-order valence-electron chi connectivity index (χ4n) is 1.45. The van der Waals surface area contributed by atoms with Gasteiger partial charge in [-0.3, -0.25) is 0 Å². The Morgan fingerprint density at radius 3 is 2.50 bits per heavy atom. The van der Waals surface area contributed by atoms with Gasteiger partial charge in [0.05, 0.1) is 11.4 Å². The Kier molecular flexibility index (Phi) is 4.91. The predicted octanol–water partition coefficient (Wildman–Crippen LogP) is 1.98. The Balaban J connectivity index is 2.76. The second-order valence-electron chi connectivity index (χ2n) is 5.72. The van der Waals surface area contributed by atoms with Gasteiger partial charge in [-0.2, -0.15) is 0 Å². The molecule has 0 aliphatic carbocycles. The van der Waals surface area contributed by atoms with Crippen LogP contribution >= 0.6 is 11.3 Å². The smallest absolute Gasteiger partial charge is 0.157 e. The Bertz CT molecular complexity index is 486. The van der Waals surface area contributed by atoms with Crippen molar-refractivity contribution in [3.63, 3.8) is 0 Å². The number of sulfone groups is 1. The molecule has 0 fully saturated rings. The average Bonchev–Trinajstić information content (AvgIpc) is 2.63. The first-order chi connectivity index (χ1) is 8.14. The molecule has 0 aromatic carbocycles. The third kappa shape index (κ3) is 4.66. The molecular formula is C12H21NO3S2. The van der Waals surface area contributed by atoms with Crippen molar-refractivity contribution >= 4 is 21.2 Å². The average molecular weight is 291 g/mol. The van der Waals surface area contributed by atoms with E-state index in [4.69, 9.17) is 5.11 Å². The number of nitrogens with zero attached hydrogens (tertiary/aromatic N) is 1. The Labute approximate surface area is 113 Å². The molecule has 0 radical (unpaired) electrons. The van der Waals surface area contributed by atoms with Crippen LogP contribution in [-0.2, 0) is 21.0 Å². The van der Waals surface area contributed by atoms with Crippen LogP contribution < -0.4 is 0 Å². The molecule has 1 atom stereocenters. The van der Waals surface area contributed by atoms with Crippen molar-refractivity contribution in [2.45, 2.75) is 38.9 Å². The molecular weight excluding hydrogens is 270 g/mol. The van der Waals surface area contributed by atoms with E-state index in [0.29, 0.717) is 5.01 Å². The molecule has 1 aromatic heterocycles. The molecule has 1 rings (SSSR count). The molecule has 1 N–H and O–H groups in total. The van der Waals surface area contributed by atoms with E-state index in [1.165, 1.54) is 11.3 Å². The second-order valence-corrected chi connectivity index (χ2v) is 8.77. The van der Waals surface area contributed by atoms with E-state index in [1.54, 1.807) is 6.92 Å². The number of rotatable bonds is 5. The third-order valence-corrected chi connectivity index (χ3v) is 5.34. The van der Waals surface area contributed by atoms with Gasteiger partial charge in [0.15, 0.2) is 9.84 Å². The number of hydrogen-bond donors (Lipinski definition) is 1. The van der Waals surface area contributed by atoms with Crippen LogP contribution in [0.2, 0.25) is 0 Å². The van der Waals surface area contributed by atoms with Crippen LogP contribution in [0, 0.1) is 5.92 Å². The van der Waals surface area contributed by atoms with Crippen molar-refractivity contribution in [3.8, 4) is 0 Å². The largest absolute Gasteiger partial charge is 0.396 e. The summed E-state index contributed by atoms with van der Waals surface area (Å²) < 4.78 is 23.8. The van der Waals surface area contributed by atoms with Gasteiger partial charge in [0.25, 0.3) is 0 Å². The molecule has 0 bridgehead atoms. The first kappa shape index (κ1) is 15.6. The van der Waals surface area contributed by atoms with Crippen LogP contribution in [0.3, 0.4) is 0 Å². The Hall–Kier alpha value is -0.460. The maximum atomic E-state index is 11.9. The summed E-state index contributed by atoms with van der Waals surface area (Å²) in [7, 11) is -3.19. The van der Waals surface area contributed by atoms with Gasteiger partial charge in [0.2, 0.25) is 0 Å². The van der Waals surface area contributed by atoms with Crippen molar-refractivity contribution in [2.24, 2.45) is 5.92 Å².